The lowest BCUT2D eigenvalue weighted by atomic mass is 10.4. The van der Waals surface area contributed by atoms with Crippen molar-refractivity contribution in [3.63, 3.8) is 0 Å². The average Bonchev–Trinajstić information content (AvgIpc) is 1.97. The minimum atomic E-state index is -2.37. The van der Waals surface area contributed by atoms with Crippen LogP contribution in [0.2, 0.25) is 0 Å². The first-order chi connectivity index (χ1) is 5.16. The number of esters is 1. The van der Waals surface area contributed by atoms with Crippen LogP contribution < -0.4 is 5.32 Å². The Morgan fingerprint density at radius 1 is 1.64 bits per heavy atom. The first-order valence-corrected chi connectivity index (χ1v) is 3.22. The lowest BCUT2D eigenvalue weighted by Gasteiger charge is -2.01. The molecule has 3 nitrogen and oxygen atoms in total. The molecule has 0 rings (SSSR count). The highest BCUT2D eigenvalue weighted by atomic mass is 19.3. The third kappa shape index (κ3) is 7.18. The standard InChI is InChI=1S/C6H11F2NO2/c1-11-6(10)2-3-9-4-5(7)8/h5,9H,2-4H2,1H3. The molecule has 0 aliphatic rings. The maximum absolute atomic E-state index is 11.5. The van der Waals surface area contributed by atoms with Crippen molar-refractivity contribution in [1.29, 1.82) is 0 Å². The average molecular weight is 167 g/mol. The smallest absolute Gasteiger partial charge is 0.306 e. The van der Waals surface area contributed by atoms with Gasteiger partial charge in [-0.1, -0.05) is 0 Å². The van der Waals surface area contributed by atoms with Crippen molar-refractivity contribution in [3.05, 3.63) is 0 Å². The summed E-state index contributed by atoms with van der Waals surface area (Å²) in [6.45, 7) is -0.145. The van der Waals surface area contributed by atoms with Crippen LogP contribution in [0.25, 0.3) is 0 Å². The molecule has 11 heavy (non-hydrogen) atoms. The minimum Gasteiger partial charge on any atom is -0.469 e. The molecule has 0 aliphatic heterocycles. The molecule has 0 aliphatic carbocycles. The maximum Gasteiger partial charge on any atom is 0.306 e. The summed E-state index contributed by atoms with van der Waals surface area (Å²) in [5, 5.41) is 2.40. The molecule has 0 spiro atoms. The molecule has 0 aromatic heterocycles. The second kappa shape index (κ2) is 6.03. The molecule has 0 saturated carbocycles. The van der Waals surface area contributed by atoms with Gasteiger partial charge in [0.1, 0.15) is 0 Å². The first kappa shape index (κ1) is 10.3. The van der Waals surface area contributed by atoms with Gasteiger partial charge in [0.15, 0.2) is 0 Å². The van der Waals surface area contributed by atoms with Gasteiger partial charge < -0.3 is 10.1 Å². The molecule has 0 aromatic carbocycles. The number of halogens is 2. The van der Waals surface area contributed by atoms with Gasteiger partial charge in [0.2, 0.25) is 0 Å². The number of carbonyl (C=O) groups excluding carboxylic acids is 1. The number of rotatable bonds is 5. The number of methoxy groups -OCH3 is 1. The molecule has 0 saturated heterocycles. The van der Waals surface area contributed by atoms with Gasteiger partial charge in [-0.2, -0.15) is 0 Å². The maximum atomic E-state index is 11.5. The Labute approximate surface area is 63.7 Å². The predicted molar refractivity (Wildman–Crippen MR) is 35.5 cm³/mol. The van der Waals surface area contributed by atoms with Crippen LogP contribution in [0.5, 0.6) is 0 Å². The Hall–Kier alpha value is -0.710. The van der Waals surface area contributed by atoms with Crippen LogP contribution in [0, 0.1) is 0 Å². The zero-order valence-electron chi connectivity index (χ0n) is 6.27. The van der Waals surface area contributed by atoms with Crippen molar-refractivity contribution in [2.75, 3.05) is 20.2 Å². The number of carbonyl (C=O) groups is 1. The van der Waals surface area contributed by atoms with E-state index in [0.717, 1.165) is 0 Å². The molecule has 0 aromatic rings. The molecule has 1 N–H and O–H groups in total. The van der Waals surface area contributed by atoms with Crippen molar-refractivity contribution < 1.29 is 18.3 Å². The van der Waals surface area contributed by atoms with Crippen molar-refractivity contribution in [2.24, 2.45) is 0 Å². The fourth-order valence-electron chi connectivity index (χ4n) is 0.504. The van der Waals surface area contributed by atoms with Gasteiger partial charge in [0.05, 0.1) is 20.1 Å². The molecule has 0 unspecified atom stereocenters. The topological polar surface area (TPSA) is 38.3 Å². The summed E-state index contributed by atoms with van der Waals surface area (Å²) in [7, 11) is 1.26. The minimum absolute atomic E-state index is 0.128. The van der Waals surface area contributed by atoms with Crippen LogP contribution in [0.1, 0.15) is 6.42 Å². The zero-order chi connectivity index (χ0) is 8.69. The van der Waals surface area contributed by atoms with Gasteiger partial charge in [-0.05, 0) is 0 Å². The van der Waals surface area contributed by atoms with Crippen LogP contribution in [-0.4, -0.2) is 32.6 Å². The third-order valence-electron chi connectivity index (χ3n) is 1.03. The predicted octanol–water partition coefficient (Wildman–Crippen LogP) is 0.404. The van der Waals surface area contributed by atoms with Gasteiger partial charge in [-0.25, -0.2) is 8.78 Å². The Morgan fingerprint density at radius 2 is 2.27 bits per heavy atom. The summed E-state index contributed by atoms with van der Waals surface area (Å²) >= 11 is 0. The highest BCUT2D eigenvalue weighted by Gasteiger charge is 2.02. The number of ether oxygens (including phenoxy) is 1. The van der Waals surface area contributed by atoms with Crippen LogP contribution >= 0.6 is 0 Å². The second-order valence-electron chi connectivity index (χ2n) is 1.92. The molecule has 0 radical (unpaired) electrons. The molecular weight excluding hydrogens is 156 g/mol. The molecule has 0 amide bonds. The van der Waals surface area contributed by atoms with Gasteiger partial charge in [0, 0.05) is 6.54 Å². The summed E-state index contributed by atoms with van der Waals surface area (Å²) < 4.78 is 27.2. The van der Waals surface area contributed by atoms with Gasteiger partial charge in [0.25, 0.3) is 6.43 Å². The van der Waals surface area contributed by atoms with E-state index in [1.54, 1.807) is 0 Å². The number of hydrogen-bond donors (Lipinski definition) is 1. The summed E-state index contributed by atoms with van der Waals surface area (Å²) in [5.41, 5.74) is 0. The Bertz CT molecular complexity index is 119. The zero-order valence-corrected chi connectivity index (χ0v) is 6.27. The molecular formula is C6H11F2NO2. The van der Waals surface area contributed by atoms with E-state index in [2.05, 4.69) is 10.1 Å². The summed E-state index contributed by atoms with van der Waals surface area (Å²) in [6.07, 6.45) is -2.24. The number of alkyl halides is 2. The highest BCUT2D eigenvalue weighted by Crippen LogP contribution is 1.88. The molecule has 66 valence electrons. The SMILES string of the molecule is COC(=O)CCNCC(F)F. The van der Waals surface area contributed by atoms with Crippen molar-refractivity contribution in [1.82, 2.24) is 5.32 Å². The quantitative estimate of drug-likeness (QED) is 0.476. The fourth-order valence-corrected chi connectivity index (χ4v) is 0.504. The number of hydrogen-bond acceptors (Lipinski definition) is 3. The van der Waals surface area contributed by atoms with E-state index in [1.165, 1.54) is 7.11 Å². The largest absolute Gasteiger partial charge is 0.469 e. The van der Waals surface area contributed by atoms with Crippen LogP contribution in [-0.2, 0) is 9.53 Å². The Morgan fingerprint density at radius 3 is 2.73 bits per heavy atom. The van der Waals surface area contributed by atoms with Crippen molar-refractivity contribution in [3.8, 4) is 0 Å². The van der Waals surface area contributed by atoms with E-state index in [9.17, 15) is 13.6 Å². The molecule has 0 heterocycles. The van der Waals surface area contributed by atoms with E-state index in [-0.39, 0.29) is 19.5 Å². The fraction of sp³-hybridized carbons (Fsp3) is 0.833. The first-order valence-electron chi connectivity index (χ1n) is 3.22. The molecule has 5 heteroatoms. The van der Waals surface area contributed by atoms with E-state index in [4.69, 9.17) is 0 Å². The van der Waals surface area contributed by atoms with Gasteiger partial charge in [-0.3, -0.25) is 4.79 Å². The van der Waals surface area contributed by atoms with Crippen LogP contribution in [0.4, 0.5) is 8.78 Å². The summed E-state index contributed by atoms with van der Waals surface area (Å²) in [5.74, 6) is -0.397. The highest BCUT2D eigenvalue weighted by molar-refractivity contribution is 5.69. The Kier molecular flexibility index (Phi) is 5.64. The lowest BCUT2D eigenvalue weighted by molar-refractivity contribution is -0.140. The number of nitrogens with one attached hydrogen (secondary N) is 1. The lowest BCUT2D eigenvalue weighted by Crippen LogP contribution is -2.24. The van der Waals surface area contributed by atoms with Crippen LogP contribution in [0.15, 0.2) is 0 Å². The third-order valence-corrected chi connectivity index (χ3v) is 1.03. The van der Waals surface area contributed by atoms with Crippen molar-refractivity contribution in [2.45, 2.75) is 12.8 Å². The normalized spacial score (nSPS) is 10.2. The van der Waals surface area contributed by atoms with E-state index in [1.807, 2.05) is 0 Å². The van der Waals surface area contributed by atoms with E-state index < -0.39 is 12.4 Å². The van der Waals surface area contributed by atoms with Gasteiger partial charge in [-0.15, -0.1) is 0 Å². The molecule has 0 atom stereocenters. The van der Waals surface area contributed by atoms with Gasteiger partial charge >= 0.3 is 5.97 Å². The molecule has 0 bridgehead atoms. The monoisotopic (exact) mass is 167 g/mol. The van der Waals surface area contributed by atoms with E-state index in [0.29, 0.717) is 0 Å². The second-order valence-corrected chi connectivity index (χ2v) is 1.92. The van der Waals surface area contributed by atoms with E-state index >= 15 is 0 Å². The Balaban J connectivity index is 3.08. The summed E-state index contributed by atoms with van der Waals surface area (Å²) in [4.78, 5) is 10.4. The van der Waals surface area contributed by atoms with Crippen molar-refractivity contribution >= 4 is 5.97 Å². The summed E-state index contributed by atoms with van der Waals surface area (Å²) in [6, 6.07) is 0. The van der Waals surface area contributed by atoms with Crippen LogP contribution in [0.3, 0.4) is 0 Å². The molecule has 0 fully saturated rings.